The third kappa shape index (κ3) is 5.43. The Labute approximate surface area is 191 Å². The Morgan fingerprint density at radius 3 is 2.61 bits per heavy atom. The van der Waals surface area contributed by atoms with E-state index in [1.54, 1.807) is 7.11 Å². The van der Waals surface area contributed by atoms with Crippen LogP contribution in [-0.2, 0) is 4.79 Å². The molecule has 1 heterocycles. The molecule has 8 heteroatoms. The molecule has 0 radical (unpaired) electrons. The number of thioether (sulfide) groups is 2. The lowest BCUT2D eigenvalue weighted by Gasteiger charge is -2.14. The summed E-state index contributed by atoms with van der Waals surface area (Å²) in [6, 6.07) is 15.8. The molecule has 1 fully saturated rings. The molecule has 0 spiro atoms. The monoisotopic (exact) mass is 454 g/mol. The van der Waals surface area contributed by atoms with Gasteiger partial charge in [0.1, 0.15) is 11.6 Å². The number of ether oxygens (including phenoxy) is 1. The Bertz CT molecular complexity index is 1030. The molecule has 162 valence electrons. The van der Waals surface area contributed by atoms with E-state index in [1.807, 2.05) is 65.7 Å². The van der Waals surface area contributed by atoms with Gasteiger partial charge < -0.3 is 10.1 Å². The van der Waals surface area contributed by atoms with Crippen molar-refractivity contribution in [2.24, 2.45) is 0 Å². The van der Waals surface area contributed by atoms with Crippen molar-refractivity contribution < 1.29 is 9.53 Å². The van der Waals surface area contributed by atoms with Crippen molar-refractivity contribution in [1.82, 2.24) is 14.8 Å². The van der Waals surface area contributed by atoms with E-state index >= 15 is 0 Å². The van der Waals surface area contributed by atoms with Crippen molar-refractivity contribution in [3.05, 3.63) is 54.4 Å². The molecule has 0 bridgehead atoms. The van der Waals surface area contributed by atoms with Crippen molar-refractivity contribution in [3.8, 4) is 11.4 Å². The molecule has 2 aromatic carbocycles. The second-order valence-electron chi connectivity index (χ2n) is 7.42. The summed E-state index contributed by atoms with van der Waals surface area (Å²) in [7, 11) is 1.64. The number of carbonyl (C=O) groups is 1. The summed E-state index contributed by atoms with van der Waals surface area (Å²) in [5.74, 6) is 1.77. The lowest BCUT2D eigenvalue weighted by Crippen LogP contribution is -2.15. The van der Waals surface area contributed by atoms with Gasteiger partial charge in [-0.3, -0.25) is 9.36 Å². The van der Waals surface area contributed by atoms with Gasteiger partial charge in [0.25, 0.3) is 0 Å². The molecule has 1 aliphatic rings. The van der Waals surface area contributed by atoms with Gasteiger partial charge in [-0.05, 0) is 56.2 Å². The number of hydrogen-bond donors (Lipinski definition) is 1. The van der Waals surface area contributed by atoms with Crippen LogP contribution in [0.5, 0.6) is 5.75 Å². The molecular weight excluding hydrogens is 428 g/mol. The first-order valence-electron chi connectivity index (χ1n) is 10.4. The van der Waals surface area contributed by atoms with Crippen LogP contribution in [0.25, 0.3) is 5.69 Å². The van der Waals surface area contributed by atoms with Gasteiger partial charge >= 0.3 is 0 Å². The first-order chi connectivity index (χ1) is 15.1. The Kier molecular flexibility index (Phi) is 7.19. The predicted molar refractivity (Wildman–Crippen MR) is 127 cm³/mol. The van der Waals surface area contributed by atoms with E-state index in [0.717, 1.165) is 27.8 Å². The van der Waals surface area contributed by atoms with Crippen LogP contribution in [0.15, 0.2) is 58.6 Å². The first kappa shape index (κ1) is 21.8. The Balaban J connectivity index is 1.41. The summed E-state index contributed by atoms with van der Waals surface area (Å²) in [6.07, 6.45) is 5.11. The summed E-state index contributed by atoms with van der Waals surface area (Å²) >= 11 is 3.26. The van der Waals surface area contributed by atoms with Gasteiger partial charge in [0, 0.05) is 15.8 Å². The van der Waals surface area contributed by atoms with Crippen molar-refractivity contribution >= 4 is 35.1 Å². The molecule has 1 amide bonds. The maximum Gasteiger partial charge on any atom is 0.234 e. The highest BCUT2D eigenvalue weighted by Crippen LogP contribution is 2.38. The Morgan fingerprint density at radius 1 is 1.13 bits per heavy atom. The normalized spacial score (nSPS) is 14.0. The average Bonchev–Trinajstić information content (AvgIpc) is 3.43. The summed E-state index contributed by atoms with van der Waals surface area (Å²) in [5, 5.41) is 12.9. The van der Waals surface area contributed by atoms with Crippen molar-refractivity contribution in [1.29, 1.82) is 0 Å². The number of amides is 1. The van der Waals surface area contributed by atoms with Gasteiger partial charge in [0.2, 0.25) is 5.91 Å². The summed E-state index contributed by atoms with van der Waals surface area (Å²) < 4.78 is 7.18. The minimum absolute atomic E-state index is 0.0496. The zero-order valence-electron chi connectivity index (χ0n) is 17.7. The van der Waals surface area contributed by atoms with E-state index < -0.39 is 0 Å². The number of nitrogens with one attached hydrogen (secondary N) is 1. The van der Waals surface area contributed by atoms with E-state index in [9.17, 15) is 4.79 Å². The Morgan fingerprint density at radius 2 is 1.87 bits per heavy atom. The molecule has 3 aromatic rings. The zero-order valence-corrected chi connectivity index (χ0v) is 19.3. The van der Waals surface area contributed by atoms with Crippen LogP contribution in [0.2, 0.25) is 0 Å². The van der Waals surface area contributed by atoms with Gasteiger partial charge in [-0.1, -0.05) is 36.7 Å². The van der Waals surface area contributed by atoms with E-state index in [2.05, 4.69) is 21.6 Å². The lowest BCUT2D eigenvalue weighted by atomic mass is 10.3. The van der Waals surface area contributed by atoms with Crippen molar-refractivity contribution in [3.63, 3.8) is 0 Å². The zero-order chi connectivity index (χ0) is 21.6. The largest absolute Gasteiger partial charge is 0.497 e. The standard InChI is InChI=1S/C23H26N4O2S2/c1-16-25-26-23(27(16)17-11-13-18(29-2)14-12-17)30-15-22(28)24-20-9-5-6-10-21(20)31-19-7-3-4-8-19/h5-6,9-14,19H,3-4,7-8,15H2,1-2H3,(H,24,28). The number of hydrogen-bond acceptors (Lipinski definition) is 6. The number of aromatic nitrogens is 3. The van der Waals surface area contributed by atoms with Gasteiger partial charge in [-0.25, -0.2) is 0 Å². The second-order valence-corrected chi connectivity index (χ2v) is 9.71. The van der Waals surface area contributed by atoms with E-state index in [1.165, 1.54) is 37.4 Å². The van der Waals surface area contributed by atoms with Crippen LogP contribution in [0.1, 0.15) is 31.5 Å². The van der Waals surface area contributed by atoms with Gasteiger partial charge in [0.05, 0.1) is 18.6 Å². The van der Waals surface area contributed by atoms with Crippen LogP contribution in [-0.4, -0.2) is 38.8 Å². The maximum atomic E-state index is 12.7. The van der Waals surface area contributed by atoms with Crippen LogP contribution in [0, 0.1) is 6.92 Å². The minimum atomic E-state index is -0.0496. The number of nitrogens with zero attached hydrogens (tertiary/aromatic N) is 3. The van der Waals surface area contributed by atoms with Gasteiger partial charge in [0.15, 0.2) is 5.16 Å². The quantitative estimate of drug-likeness (QED) is 0.463. The van der Waals surface area contributed by atoms with Crippen LogP contribution >= 0.6 is 23.5 Å². The van der Waals surface area contributed by atoms with Crippen LogP contribution in [0.4, 0.5) is 5.69 Å². The molecular formula is C23H26N4O2S2. The molecule has 4 rings (SSSR count). The number of rotatable bonds is 8. The number of anilines is 1. The van der Waals surface area contributed by atoms with E-state index in [-0.39, 0.29) is 11.7 Å². The minimum Gasteiger partial charge on any atom is -0.497 e. The Hall–Kier alpha value is -2.45. The number of benzene rings is 2. The lowest BCUT2D eigenvalue weighted by molar-refractivity contribution is -0.113. The number of aryl methyl sites for hydroxylation is 1. The highest BCUT2D eigenvalue weighted by Gasteiger charge is 2.19. The summed E-state index contributed by atoms with van der Waals surface area (Å²) in [6.45, 7) is 1.90. The topological polar surface area (TPSA) is 69.0 Å². The highest BCUT2D eigenvalue weighted by atomic mass is 32.2. The van der Waals surface area contributed by atoms with Crippen LogP contribution in [0.3, 0.4) is 0 Å². The molecule has 1 aliphatic carbocycles. The van der Waals surface area contributed by atoms with E-state index in [4.69, 9.17) is 4.74 Å². The molecule has 31 heavy (non-hydrogen) atoms. The summed E-state index contributed by atoms with van der Waals surface area (Å²) in [5.41, 5.74) is 1.82. The second kappa shape index (κ2) is 10.2. The predicted octanol–water partition coefficient (Wildman–Crippen LogP) is 5.35. The first-order valence-corrected chi connectivity index (χ1v) is 12.3. The van der Waals surface area contributed by atoms with Gasteiger partial charge in [-0.15, -0.1) is 22.0 Å². The molecule has 1 aromatic heterocycles. The van der Waals surface area contributed by atoms with Gasteiger partial charge in [-0.2, -0.15) is 0 Å². The van der Waals surface area contributed by atoms with Crippen LogP contribution < -0.4 is 10.1 Å². The van der Waals surface area contributed by atoms with Crippen molar-refractivity contribution in [2.45, 2.75) is 47.9 Å². The molecule has 0 saturated heterocycles. The van der Waals surface area contributed by atoms with Crippen molar-refractivity contribution in [2.75, 3.05) is 18.2 Å². The molecule has 1 saturated carbocycles. The fourth-order valence-corrected chi connectivity index (χ4v) is 5.77. The molecule has 0 atom stereocenters. The SMILES string of the molecule is COc1ccc(-n2c(C)nnc2SCC(=O)Nc2ccccc2SC2CCCC2)cc1. The molecule has 0 unspecified atom stereocenters. The molecule has 6 nitrogen and oxygen atoms in total. The number of methoxy groups -OCH3 is 1. The highest BCUT2D eigenvalue weighted by molar-refractivity contribution is 8.00. The third-order valence-electron chi connectivity index (χ3n) is 5.22. The number of carbonyl (C=O) groups excluding carboxylic acids is 1. The van der Waals surface area contributed by atoms with E-state index in [0.29, 0.717) is 10.4 Å². The number of para-hydroxylation sites is 1. The average molecular weight is 455 g/mol. The molecule has 0 aliphatic heterocycles. The third-order valence-corrected chi connectivity index (χ3v) is 7.56. The fraction of sp³-hybridized carbons (Fsp3) is 0.348. The molecule has 1 N–H and O–H groups in total. The fourth-order valence-electron chi connectivity index (χ4n) is 3.64. The smallest absolute Gasteiger partial charge is 0.234 e. The summed E-state index contributed by atoms with van der Waals surface area (Å²) in [4.78, 5) is 13.8. The maximum absolute atomic E-state index is 12.7.